The zero-order chi connectivity index (χ0) is 16.8. The van der Waals surface area contributed by atoms with Gasteiger partial charge in [0, 0.05) is 50.9 Å². The lowest BCUT2D eigenvalue weighted by Crippen LogP contribution is -2.32. The molecule has 0 bridgehead atoms. The van der Waals surface area contributed by atoms with Gasteiger partial charge in [0.15, 0.2) is 0 Å². The molecule has 0 saturated carbocycles. The zero-order valence-electron chi connectivity index (χ0n) is 13.7. The number of benzene rings is 1. The number of nitrogens with zero attached hydrogens (tertiary/aromatic N) is 3. The predicted molar refractivity (Wildman–Crippen MR) is 87.8 cm³/mol. The van der Waals surface area contributed by atoms with Gasteiger partial charge in [-0.2, -0.15) is 5.10 Å². The minimum absolute atomic E-state index is 0.0149. The van der Waals surface area contributed by atoms with Gasteiger partial charge in [-0.05, 0) is 18.6 Å². The first kappa shape index (κ1) is 16.7. The Hall–Kier alpha value is -2.63. The van der Waals surface area contributed by atoms with E-state index in [0.717, 1.165) is 11.1 Å². The molecular formula is C17H22N4O2. The number of aromatic nitrogens is 2. The van der Waals surface area contributed by atoms with Gasteiger partial charge in [0.2, 0.25) is 5.91 Å². The van der Waals surface area contributed by atoms with Crippen molar-refractivity contribution in [2.45, 2.75) is 19.9 Å². The Balaban J connectivity index is 1.78. The van der Waals surface area contributed by atoms with Crippen LogP contribution in [0.3, 0.4) is 0 Å². The second-order valence-corrected chi connectivity index (χ2v) is 5.59. The van der Waals surface area contributed by atoms with Crippen molar-refractivity contribution in [3.63, 3.8) is 0 Å². The van der Waals surface area contributed by atoms with E-state index in [1.165, 1.54) is 0 Å². The standard InChI is InChI=1S/C17H22N4O2/c1-13-6-4-5-7-15(13)17(23)18-9-8-16(22)20(2)11-14-10-19-21(3)12-14/h4-7,10,12H,8-9,11H2,1-3H3,(H,18,23). The molecule has 23 heavy (non-hydrogen) atoms. The van der Waals surface area contributed by atoms with E-state index in [0.29, 0.717) is 18.7 Å². The van der Waals surface area contributed by atoms with Crippen LogP contribution in [0.15, 0.2) is 36.7 Å². The highest BCUT2D eigenvalue weighted by Crippen LogP contribution is 2.06. The molecule has 1 aromatic heterocycles. The number of carbonyl (C=O) groups is 2. The molecule has 0 aliphatic rings. The van der Waals surface area contributed by atoms with E-state index >= 15 is 0 Å². The molecule has 0 atom stereocenters. The van der Waals surface area contributed by atoms with Crippen molar-refractivity contribution in [3.05, 3.63) is 53.3 Å². The lowest BCUT2D eigenvalue weighted by atomic mass is 10.1. The maximum absolute atomic E-state index is 12.1. The summed E-state index contributed by atoms with van der Waals surface area (Å²) in [5.74, 6) is -0.162. The second-order valence-electron chi connectivity index (χ2n) is 5.59. The van der Waals surface area contributed by atoms with E-state index in [4.69, 9.17) is 0 Å². The van der Waals surface area contributed by atoms with Crippen molar-refractivity contribution >= 4 is 11.8 Å². The van der Waals surface area contributed by atoms with E-state index in [2.05, 4.69) is 10.4 Å². The van der Waals surface area contributed by atoms with Gasteiger partial charge in [-0.1, -0.05) is 18.2 Å². The average molecular weight is 314 g/mol. The molecule has 1 aromatic carbocycles. The Morgan fingerprint density at radius 2 is 2.04 bits per heavy atom. The Morgan fingerprint density at radius 1 is 1.30 bits per heavy atom. The van der Waals surface area contributed by atoms with Gasteiger partial charge in [-0.15, -0.1) is 0 Å². The second kappa shape index (κ2) is 7.58. The van der Waals surface area contributed by atoms with Gasteiger partial charge in [0.05, 0.1) is 6.20 Å². The first-order valence-corrected chi connectivity index (χ1v) is 7.52. The number of nitrogens with one attached hydrogen (secondary N) is 1. The Kier molecular flexibility index (Phi) is 5.51. The number of amides is 2. The Bertz CT molecular complexity index is 693. The molecule has 0 radical (unpaired) electrons. The van der Waals surface area contributed by atoms with Gasteiger partial charge < -0.3 is 10.2 Å². The number of carbonyl (C=O) groups excluding carboxylic acids is 2. The molecule has 0 saturated heterocycles. The highest BCUT2D eigenvalue weighted by atomic mass is 16.2. The fourth-order valence-electron chi connectivity index (χ4n) is 2.31. The molecule has 2 rings (SSSR count). The van der Waals surface area contributed by atoms with Crippen molar-refractivity contribution in [1.29, 1.82) is 0 Å². The van der Waals surface area contributed by atoms with Gasteiger partial charge >= 0.3 is 0 Å². The molecule has 0 fully saturated rings. The first-order chi connectivity index (χ1) is 11.0. The third-order valence-electron chi connectivity index (χ3n) is 3.62. The lowest BCUT2D eigenvalue weighted by Gasteiger charge is -2.16. The summed E-state index contributed by atoms with van der Waals surface area (Å²) >= 11 is 0. The van der Waals surface area contributed by atoms with Gasteiger partial charge in [-0.25, -0.2) is 0 Å². The monoisotopic (exact) mass is 314 g/mol. The minimum Gasteiger partial charge on any atom is -0.352 e. The predicted octanol–water partition coefficient (Wildman–Crippen LogP) is 1.51. The smallest absolute Gasteiger partial charge is 0.251 e. The van der Waals surface area contributed by atoms with Crippen LogP contribution >= 0.6 is 0 Å². The van der Waals surface area contributed by atoms with Crippen molar-refractivity contribution in [1.82, 2.24) is 20.0 Å². The van der Waals surface area contributed by atoms with Crippen LogP contribution in [0.2, 0.25) is 0 Å². The first-order valence-electron chi connectivity index (χ1n) is 7.52. The minimum atomic E-state index is -0.147. The summed E-state index contributed by atoms with van der Waals surface area (Å²) in [5, 5.41) is 6.87. The summed E-state index contributed by atoms with van der Waals surface area (Å²) in [7, 11) is 3.59. The lowest BCUT2D eigenvalue weighted by molar-refractivity contribution is -0.130. The highest BCUT2D eigenvalue weighted by Gasteiger charge is 2.12. The van der Waals surface area contributed by atoms with Crippen molar-refractivity contribution < 1.29 is 9.59 Å². The molecule has 122 valence electrons. The topological polar surface area (TPSA) is 67.2 Å². The van der Waals surface area contributed by atoms with Crippen molar-refractivity contribution in [2.24, 2.45) is 7.05 Å². The molecule has 0 unspecified atom stereocenters. The maximum atomic E-state index is 12.1. The zero-order valence-corrected chi connectivity index (χ0v) is 13.7. The molecule has 2 amide bonds. The van der Waals surface area contributed by atoms with E-state index in [-0.39, 0.29) is 18.2 Å². The third kappa shape index (κ3) is 4.67. The fourth-order valence-corrected chi connectivity index (χ4v) is 2.31. The molecule has 1 N–H and O–H groups in total. The van der Waals surface area contributed by atoms with Crippen LogP contribution in [0.1, 0.15) is 27.9 Å². The van der Waals surface area contributed by atoms with Gasteiger partial charge in [0.25, 0.3) is 5.91 Å². The van der Waals surface area contributed by atoms with Crippen LogP contribution in [0.5, 0.6) is 0 Å². The normalized spacial score (nSPS) is 10.4. The summed E-state index contributed by atoms with van der Waals surface area (Å²) in [6.45, 7) is 2.73. The van der Waals surface area contributed by atoms with E-state index in [1.54, 1.807) is 28.9 Å². The number of hydrogen-bond acceptors (Lipinski definition) is 3. The van der Waals surface area contributed by atoms with Crippen LogP contribution in [0.25, 0.3) is 0 Å². The van der Waals surface area contributed by atoms with E-state index < -0.39 is 0 Å². The molecule has 0 aliphatic heterocycles. The molecule has 6 nitrogen and oxygen atoms in total. The van der Waals surface area contributed by atoms with Crippen molar-refractivity contribution in [3.8, 4) is 0 Å². The van der Waals surface area contributed by atoms with E-state index in [9.17, 15) is 9.59 Å². The van der Waals surface area contributed by atoms with Gasteiger partial charge in [-0.3, -0.25) is 14.3 Å². The SMILES string of the molecule is Cc1ccccc1C(=O)NCCC(=O)N(C)Cc1cnn(C)c1. The molecule has 1 heterocycles. The van der Waals surface area contributed by atoms with E-state index in [1.807, 2.05) is 38.4 Å². The third-order valence-corrected chi connectivity index (χ3v) is 3.62. The summed E-state index contributed by atoms with van der Waals surface area (Å²) in [5.41, 5.74) is 2.54. The summed E-state index contributed by atoms with van der Waals surface area (Å²) in [6, 6.07) is 7.39. The number of rotatable bonds is 6. The average Bonchev–Trinajstić information content (AvgIpc) is 2.92. The number of hydrogen-bond donors (Lipinski definition) is 1. The van der Waals surface area contributed by atoms with Crippen molar-refractivity contribution in [2.75, 3.05) is 13.6 Å². The molecule has 6 heteroatoms. The largest absolute Gasteiger partial charge is 0.352 e. The van der Waals surface area contributed by atoms with Gasteiger partial charge in [0.1, 0.15) is 0 Å². The molecule has 0 aliphatic carbocycles. The quantitative estimate of drug-likeness (QED) is 0.879. The molecular weight excluding hydrogens is 292 g/mol. The fraction of sp³-hybridized carbons (Fsp3) is 0.353. The summed E-state index contributed by atoms with van der Waals surface area (Å²) < 4.78 is 1.70. The highest BCUT2D eigenvalue weighted by molar-refractivity contribution is 5.95. The number of aryl methyl sites for hydroxylation is 2. The van der Waals surface area contributed by atoms with Crippen LogP contribution in [-0.4, -0.2) is 40.1 Å². The van der Waals surface area contributed by atoms with Crippen LogP contribution in [-0.2, 0) is 18.4 Å². The van der Waals surface area contributed by atoms with Crippen LogP contribution < -0.4 is 5.32 Å². The summed E-state index contributed by atoms with van der Waals surface area (Å²) in [6.07, 6.45) is 3.89. The Labute approximate surface area is 136 Å². The van der Waals surface area contributed by atoms with Crippen LogP contribution in [0, 0.1) is 6.92 Å². The molecule has 0 spiro atoms. The Morgan fingerprint density at radius 3 is 2.70 bits per heavy atom. The maximum Gasteiger partial charge on any atom is 0.251 e. The van der Waals surface area contributed by atoms with Crippen LogP contribution in [0.4, 0.5) is 0 Å². The molecule has 2 aromatic rings. The summed E-state index contributed by atoms with van der Waals surface area (Å²) in [4.78, 5) is 25.8.